The lowest BCUT2D eigenvalue weighted by Gasteiger charge is -2.14. The van der Waals surface area contributed by atoms with Crippen molar-refractivity contribution in [3.8, 4) is 11.3 Å². The van der Waals surface area contributed by atoms with Gasteiger partial charge in [-0.15, -0.1) is 0 Å². The van der Waals surface area contributed by atoms with Crippen molar-refractivity contribution in [1.82, 2.24) is 14.7 Å². The molecule has 0 radical (unpaired) electrons. The number of benzene rings is 3. The zero-order valence-electron chi connectivity index (χ0n) is 16.8. The summed E-state index contributed by atoms with van der Waals surface area (Å²) in [4.78, 5) is 18.5. The molecule has 2 heterocycles. The molecule has 0 saturated heterocycles. The van der Waals surface area contributed by atoms with Crippen molar-refractivity contribution in [2.45, 2.75) is 19.9 Å². The molecule has 0 spiro atoms. The summed E-state index contributed by atoms with van der Waals surface area (Å²) in [5.41, 5.74) is 6.11. The molecule has 148 valence electrons. The number of fused-ring (bicyclic) bond motifs is 3. The topological polar surface area (TPSA) is 46.4 Å². The molecule has 0 fully saturated rings. The number of thiazole rings is 1. The number of nitrogens with zero attached hydrogens (tertiary/aromatic N) is 2. The van der Waals surface area contributed by atoms with E-state index in [0.717, 1.165) is 32.0 Å². The van der Waals surface area contributed by atoms with Gasteiger partial charge in [-0.05, 0) is 37.6 Å². The molecule has 0 unspecified atom stereocenters. The molecular weight excluding hydrogens is 390 g/mol. The van der Waals surface area contributed by atoms with Crippen molar-refractivity contribution in [2.24, 2.45) is 0 Å². The van der Waals surface area contributed by atoms with E-state index in [1.165, 1.54) is 5.56 Å². The zero-order valence-corrected chi connectivity index (χ0v) is 17.6. The maximum Gasteiger partial charge on any atom is 0.251 e. The van der Waals surface area contributed by atoms with Crippen LogP contribution in [-0.2, 0) is 0 Å². The van der Waals surface area contributed by atoms with E-state index in [1.807, 2.05) is 55.5 Å². The minimum atomic E-state index is -0.0698. The SMILES string of the molecule is Cc1ccc(-c2cn3c(n2)sc2cc(C(=O)N[C@H](C)c4ccccc4)ccc23)cc1. The second-order valence-electron chi connectivity index (χ2n) is 7.54. The summed E-state index contributed by atoms with van der Waals surface area (Å²) < 4.78 is 3.15. The van der Waals surface area contributed by atoms with Crippen LogP contribution in [0.4, 0.5) is 0 Å². The van der Waals surface area contributed by atoms with E-state index in [2.05, 4.69) is 47.1 Å². The Hall–Kier alpha value is -3.44. The van der Waals surface area contributed by atoms with Crippen molar-refractivity contribution < 1.29 is 4.79 Å². The molecular formula is C25H21N3OS. The molecule has 1 N–H and O–H groups in total. The second kappa shape index (κ2) is 7.43. The average Bonchev–Trinajstić information content (AvgIpc) is 3.32. The first-order valence-electron chi connectivity index (χ1n) is 9.93. The average molecular weight is 412 g/mol. The van der Waals surface area contributed by atoms with Crippen molar-refractivity contribution in [1.29, 1.82) is 0 Å². The van der Waals surface area contributed by atoms with Crippen LogP contribution in [0.2, 0.25) is 0 Å². The summed E-state index contributed by atoms with van der Waals surface area (Å²) in [6.45, 7) is 4.08. The lowest BCUT2D eigenvalue weighted by molar-refractivity contribution is 0.0940. The molecule has 5 heteroatoms. The van der Waals surface area contributed by atoms with Crippen LogP contribution in [0.3, 0.4) is 0 Å². The number of carbonyl (C=O) groups excluding carboxylic acids is 1. The van der Waals surface area contributed by atoms with Crippen molar-refractivity contribution in [3.63, 3.8) is 0 Å². The van der Waals surface area contributed by atoms with Crippen LogP contribution in [0.5, 0.6) is 0 Å². The minimum Gasteiger partial charge on any atom is -0.346 e. The summed E-state index contributed by atoms with van der Waals surface area (Å²) in [6, 6.07) is 24.2. The highest BCUT2D eigenvalue weighted by atomic mass is 32.1. The number of aryl methyl sites for hydroxylation is 1. The predicted octanol–water partition coefficient (Wildman–Crippen LogP) is 6.02. The highest BCUT2D eigenvalue weighted by Gasteiger charge is 2.15. The first kappa shape index (κ1) is 18.6. The Morgan fingerprint density at radius 2 is 1.80 bits per heavy atom. The summed E-state index contributed by atoms with van der Waals surface area (Å²) >= 11 is 1.60. The van der Waals surface area contributed by atoms with Crippen LogP contribution in [0.1, 0.15) is 34.5 Å². The summed E-state index contributed by atoms with van der Waals surface area (Å²) in [6.07, 6.45) is 2.07. The zero-order chi connectivity index (χ0) is 20.7. The monoisotopic (exact) mass is 411 g/mol. The Balaban J connectivity index is 1.43. The van der Waals surface area contributed by atoms with Crippen LogP contribution in [-0.4, -0.2) is 15.3 Å². The third kappa shape index (κ3) is 3.37. The molecule has 0 aliphatic rings. The highest BCUT2D eigenvalue weighted by molar-refractivity contribution is 7.23. The summed E-state index contributed by atoms with van der Waals surface area (Å²) in [5.74, 6) is -0.0698. The quantitative estimate of drug-likeness (QED) is 0.393. The van der Waals surface area contributed by atoms with Gasteiger partial charge in [0.2, 0.25) is 0 Å². The Kier molecular flexibility index (Phi) is 4.60. The van der Waals surface area contributed by atoms with Crippen LogP contribution in [0.15, 0.2) is 79.0 Å². The molecule has 0 aliphatic carbocycles. The van der Waals surface area contributed by atoms with E-state index in [4.69, 9.17) is 4.98 Å². The molecule has 0 aliphatic heterocycles. The van der Waals surface area contributed by atoms with Crippen LogP contribution in [0.25, 0.3) is 26.4 Å². The number of imidazole rings is 1. The molecule has 0 bridgehead atoms. The van der Waals surface area contributed by atoms with Crippen molar-refractivity contribution in [2.75, 3.05) is 0 Å². The smallest absolute Gasteiger partial charge is 0.251 e. The third-order valence-corrected chi connectivity index (χ3v) is 6.37. The maximum atomic E-state index is 12.8. The molecule has 2 aromatic heterocycles. The molecule has 4 nitrogen and oxygen atoms in total. The molecule has 5 rings (SSSR count). The first-order valence-corrected chi connectivity index (χ1v) is 10.7. The predicted molar refractivity (Wildman–Crippen MR) is 123 cm³/mol. The van der Waals surface area contributed by atoms with E-state index in [9.17, 15) is 4.79 Å². The minimum absolute atomic E-state index is 0.0490. The van der Waals surface area contributed by atoms with Gasteiger partial charge in [-0.1, -0.05) is 71.5 Å². The Morgan fingerprint density at radius 3 is 2.57 bits per heavy atom. The van der Waals surface area contributed by atoms with Gasteiger partial charge in [-0.3, -0.25) is 9.20 Å². The number of hydrogen-bond acceptors (Lipinski definition) is 3. The highest BCUT2D eigenvalue weighted by Crippen LogP contribution is 2.30. The molecule has 5 aromatic rings. The number of aromatic nitrogens is 2. The van der Waals surface area contributed by atoms with Crippen molar-refractivity contribution >= 4 is 32.4 Å². The van der Waals surface area contributed by atoms with Gasteiger partial charge in [-0.2, -0.15) is 0 Å². The number of hydrogen-bond donors (Lipinski definition) is 1. The van der Waals surface area contributed by atoms with Crippen LogP contribution >= 0.6 is 11.3 Å². The van der Waals surface area contributed by atoms with E-state index < -0.39 is 0 Å². The lowest BCUT2D eigenvalue weighted by atomic mass is 10.1. The van der Waals surface area contributed by atoms with Gasteiger partial charge < -0.3 is 5.32 Å². The number of rotatable bonds is 4. The Bertz CT molecular complexity index is 1350. The standard InChI is InChI=1S/C25H21N3OS/c1-16-8-10-19(11-9-16)21-15-28-22-13-12-20(14-23(22)30-25(28)27-21)24(29)26-17(2)18-6-4-3-5-7-18/h3-15,17H,1-2H3,(H,26,29)/t17-/m1/s1. The van der Waals surface area contributed by atoms with Gasteiger partial charge in [0, 0.05) is 17.3 Å². The second-order valence-corrected chi connectivity index (χ2v) is 8.54. The number of carbonyl (C=O) groups is 1. The molecule has 3 aromatic carbocycles. The largest absolute Gasteiger partial charge is 0.346 e. The normalized spacial score (nSPS) is 12.3. The van der Waals surface area contributed by atoms with Crippen LogP contribution < -0.4 is 5.32 Å². The first-order chi connectivity index (χ1) is 14.6. The van der Waals surface area contributed by atoms with Gasteiger partial charge in [0.15, 0.2) is 4.96 Å². The Labute approximate surface area is 178 Å². The number of nitrogens with one attached hydrogen (secondary N) is 1. The van der Waals surface area contributed by atoms with Gasteiger partial charge in [0.1, 0.15) is 0 Å². The third-order valence-electron chi connectivity index (χ3n) is 5.35. The fourth-order valence-electron chi connectivity index (χ4n) is 3.61. The van der Waals surface area contributed by atoms with Gasteiger partial charge in [0.25, 0.3) is 5.91 Å². The van der Waals surface area contributed by atoms with Gasteiger partial charge >= 0.3 is 0 Å². The summed E-state index contributed by atoms with van der Waals surface area (Å²) in [5, 5.41) is 3.08. The van der Waals surface area contributed by atoms with Crippen molar-refractivity contribution in [3.05, 3.63) is 95.7 Å². The molecule has 0 saturated carbocycles. The van der Waals surface area contributed by atoms with Gasteiger partial charge in [-0.25, -0.2) is 4.98 Å². The maximum absolute atomic E-state index is 12.8. The number of amides is 1. The fraction of sp³-hybridized carbons (Fsp3) is 0.120. The molecule has 1 atom stereocenters. The summed E-state index contributed by atoms with van der Waals surface area (Å²) in [7, 11) is 0. The lowest BCUT2D eigenvalue weighted by Crippen LogP contribution is -2.26. The van der Waals surface area contributed by atoms with E-state index in [0.29, 0.717) is 5.56 Å². The van der Waals surface area contributed by atoms with Crippen LogP contribution in [0, 0.1) is 6.92 Å². The Morgan fingerprint density at radius 1 is 1.03 bits per heavy atom. The molecule has 30 heavy (non-hydrogen) atoms. The van der Waals surface area contributed by atoms with E-state index >= 15 is 0 Å². The molecule has 1 amide bonds. The van der Waals surface area contributed by atoms with E-state index in [1.54, 1.807) is 11.3 Å². The fourth-order valence-corrected chi connectivity index (χ4v) is 4.66. The van der Waals surface area contributed by atoms with E-state index in [-0.39, 0.29) is 11.9 Å². The van der Waals surface area contributed by atoms with Gasteiger partial charge in [0.05, 0.1) is 22.0 Å².